The van der Waals surface area contributed by atoms with Crippen LogP contribution in [-0.2, 0) is 44.8 Å². The first-order chi connectivity index (χ1) is 35.4. The Hall–Kier alpha value is -7.02. The van der Waals surface area contributed by atoms with Gasteiger partial charge in [0.05, 0.1) is 6.04 Å². The van der Waals surface area contributed by atoms with E-state index in [1.807, 2.05) is 58.9 Å². The summed E-state index contributed by atoms with van der Waals surface area (Å²) >= 11 is 0. The average molecular weight is 1060 g/mol. The summed E-state index contributed by atoms with van der Waals surface area (Å²) < 4.78 is 0. The van der Waals surface area contributed by atoms with Crippen molar-refractivity contribution in [3.63, 3.8) is 0 Å². The van der Waals surface area contributed by atoms with Gasteiger partial charge in [0.2, 0.25) is 41.4 Å². The first-order valence-corrected chi connectivity index (χ1v) is 25.8. The second-order valence-electron chi connectivity index (χ2n) is 19.9. The number of nitrogens with two attached hydrogens (primary N) is 6. The minimum Gasteiger partial charge on any atom is -0.480 e. The fourth-order valence-electron chi connectivity index (χ4n) is 8.06. The summed E-state index contributed by atoms with van der Waals surface area (Å²) in [6.07, 6.45) is 4.08. The Balaban J connectivity index is 2.36. The lowest BCUT2D eigenvalue weighted by Gasteiger charge is -2.29. The van der Waals surface area contributed by atoms with Gasteiger partial charge in [-0.25, -0.2) is 4.79 Å². The van der Waals surface area contributed by atoms with Gasteiger partial charge < -0.3 is 81.7 Å². The van der Waals surface area contributed by atoms with E-state index in [2.05, 4.69) is 52.2 Å². The highest BCUT2D eigenvalue weighted by molar-refractivity contribution is 5.98. The van der Waals surface area contributed by atoms with E-state index in [0.29, 0.717) is 25.7 Å². The number of para-hydroxylation sites is 1. The number of rotatable bonds is 35. The summed E-state index contributed by atoms with van der Waals surface area (Å²) in [5, 5.41) is 29.6. The maximum atomic E-state index is 14.2. The number of hydrogen-bond acceptors (Lipinski definition) is 12. The number of aliphatic carboxylic acids is 1. The first-order valence-electron chi connectivity index (χ1n) is 25.8. The van der Waals surface area contributed by atoms with Crippen molar-refractivity contribution in [1.82, 2.24) is 42.2 Å². The number of carboxylic acid groups (broad SMARTS) is 1. The topological polar surface area (TPSA) is 438 Å². The fourth-order valence-corrected chi connectivity index (χ4v) is 8.06. The number of nitrogens with one attached hydrogen (secondary N) is 8. The monoisotopic (exact) mass is 1050 g/mol. The van der Waals surface area contributed by atoms with Crippen LogP contribution in [0, 0.1) is 17.8 Å². The third-order valence-electron chi connectivity index (χ3n) is 12.4. The molecular formula is C50H86N16O9. The predicted molar refractivity (Wildman–Crippen MR) is 288 cm³/mol. The van der Waals surface area contributed by atoms with Crippen molar-refractivity contribution in [1.29, 1.82) is 0 Å². The van der Waals surface area contributed by atoms with Gasteiger partial charge in [0, 0.05) is 36.6 Å². The van der Waals surface area contributed by atoms with Crippen LogP contribution in [0.4, 0.5) is 0 Å². The fraction of sp³-hybridized carbons (Fsp3) is 0.640. The molecule has 420 valence electrons. The number of carbonyl (C=O) groups excluding carboxylic acids is 7. The van der Waals surface area contributed by atoms with Crippen LogP contribution < -0.4 is 71.6 Å². The van der Waals surface area contributed by atoms with Gasteiger partial charge in [-0.1, -0.05) is 66.2 Å². The number of guanidine groups is 2. The Kier molecular flexibility index (Phi) is 28.2. The number of amides is 7. The molecule has 0 bridgehead atoms. The molecule has 0 aliphatic heterocycles. The Morgan fingerprint density at radius 3 is 1.61 bits per heavy atom. The molecule has 1 heterocycles. The molecule has 21 N–H and O–H groups in total. The van der Waals surface area contributed by atoms with Gasteiger partial charge in [-0.3, -0.25) is 43.5 Å². The number of unbranched alkanes of at least 4 members (excludes halogenated alkanes) is 1. The molecule has 0 unspecified atom stereocenters. The molecule has 1 aromatic heterocycles. The van der Waals surface area contributed by atoms with E-state index in [-0.39, 0.29) is 88.3 Å². The summed E-state index contributed by atoms with van der Waals surface area (Å²) in [6.45, 7) is 13.0. The number of hydrogen-bond donors (Lipinski definition) is 15. The van der Waals surface area contributed by atoms with Crippen molar-refractivity contribution in [2.24, 2.45) is 62.1 Å². The first kappa shape index (κ1) is 64.1. The zero-order chi connectivity index (χ0) is 56.4. The van der Waals surface area contributed by atoms with Crippen LogP contribution >= 0.6 is 0 Å². The van der Waals surface area contributed by atoms with Gasteiger partial charge in [-0.15, -0.1) is 0 Å². The molecule has 7 amide bonds. The van der Waals surface area contributed by atoms with Crippen LogP contribution in [0.25, 0.3) is 10.9 Å². The van der Waals surface area contributed by atoms with E-state index >= 15 is 0 Å². The lowest BCUT2D eigenvalue weighted by Crippen LogP contribution is -2.60. The number of aliphatic imine (C=N–C) groups is 2. The molecule has 0 saturated heterocycles. The SMILES string of the molecule is CC[C@H](C)[C@H](NC(=O)[C@H](Cc1c[nH]c2ccccc12)NC(=O)[C@@H](N)CC(C)C)C(=O)N[C@@H](C)C(=O)N[C@@H](CC(C)C)C(=O)N[C@@H](CCCN=C(N)N)C(=O)N[C@@H](CCCCN)C(=O)N[C@@H](CCCN=C(N)N)C(=O)O. The van der Waals surface area contributed by atoms with Crippen LogP contribution in [0.15, 0.2) is 40.4 Å². The minimum absolute atomic E-state index is 0.0196. The van der Waals surface area contributed by atoms with Gasteiger partial charge in [-0.05, 0) is 101 Å². The Morgan fingerprint density at radius 2 is 1.08 bits per heavy atom. The smallest absolute Gasteiger partial charge is 0.326 e. The van der Waals surface area contributed by atoms with Crippen molar-refractivity contribution >= 4 is 70.1 Å². The zero-order valence-electron chi connectivity index (χ0n) is 44.7. The number of carbonyl (C=O) groups is 8. The Morgan fingerprint density at radius 1 is 0.587 bits per heavy atom. The largest absolute Gasteiger partial charge is 0.480 e. The standard InChI is InChI=1S/C50H86N16O9/c1-8-29(6)40(66-46(72)39(65-42(68)33(52)23-27(2)3)25-31-26-59-34-16-10-9-15-32(31)34)47(73)60-30(7)41(67)64-38(24-28(4)5)45(71)62-36(18-13-21-57-49(53)54)43(69)61-35(17-11-12-20-51)44(70)63-37(48(74)75)19-14-22-58-50(55)56/h9-10,15-16,26-30,33,35-40,59H,8,11-14,17-25,51-52H2,1-7H3,(H,60,73)(H,61,69)(H,62,71)(H,63,70)(H,64,67)(H,65,68)(H,66,72)(H,74,75)(H4,53,54,57)(H4,55,56,58)/t29-,30-,33-,35-,36-,37-,38-,39-,40-/m0/s1. The molecular weight excluding hydrogens is 969 g/mol. The highest BCUT2D eigenvalue weighted by Gasteiger charge is 2.35. The Labute approximate surface area is 439 Å². The van der Waals surface area contributed by atoms with E-state index in [1.54, 1.807) is 13.1 Å². The molecule has 9 atom stereocenters. The summed E-state index contributed by atoms with van der Waals surface area (Å²) in [7, 11) is 0. The second-order valence-corrected chi connectivity index (χ2v) is 19.9. The van der Waals surface area contributed by atoms with Gasteiger partial charge in [-0.2, -0.15) is 0 Å². The zero-order valence-corrected chi connectivity index (χ0v) is 44.7. The van der Waals surface area contributed by atoms with E-state index in [0.717, 1.165) is 16.5 Å². The molecule has 0 aliphatic carbocycles. The van der Waals surface area contributed by atoms with Crippen molar-refractivity contribution in [3.05, 3.63) is 36.0 Å². The summed E-state index contributed by atoms with van der Waals surface area (Å²) in [5.41, 5.74) is 35.3. The molecule has 75 heavy (non-hydrogen) atoms. The third-order valence-corrected chi connectivity index (χ3v) is 12.4. The Bertz CT molecular complexity index is 2240. The number of fused-ring (bicyclic) bond motifs is 1. The van der Waals surface area contributed by atoms with Gasteiger partial charge >= 0.3 is 5.97 Å². The van der Waals surface area contributed by atoms with E-state index in [1.165, 1.54) is 6.92 Å². The summed E-state index contributed by atoms with van der Waals surface area (Å²) in [5.74, 6) is -7.12. The van der Waals surface area contributed by atoms with Gasteiger partial charge in [0.15, 0.2) is 11.9 Å². The van der Waals surface area contributed by atoms with Gasteiger partial charge in [0.1, 0.15) is 42.3 Å². The van der Waals surface area contributed by atoms with E-state index < -0.39 is 102 Å². The number of aromatic amines is 1. The van der Waals surface area contributed by atoms with Crippen molar-refractivity contribution in [2.75, 3.05) is 19.6 Å². The van der Waals surface area contributed by atoms with Gasteiger partial charge in [0.25, 0.3) is 0 Å². The molecule has 25 nitrogen and oxygen atoms in total. The number of carboxylic acids is 1. The molecule has 0 fully saturated rings. The van der Waals surface area contributed by atoms with Crippen molar-refractivity contribution in [2.45, 2.75) is 167 Å². The van der Waals surface area contributed by atoms with Crippen LogP contribution in [0.1, 0.15) is 118 Å². The lowest BCUT2D eigenvalue weighted by atomic mass is 9.96. The summed E-state index contributed by atoms with van der Waals surface area (Å²) in [6, 6.07) is -2.04. The molecule has 1 aromatic carbocycles. The van der Waals surface area contributed by atoms with Crippen molar-refractivity contribution < 1.29 is 43.5 Å². The molecule has 0 radical (unpaired) electrons. The molecule has 0 saturated carbocycles. The average Bonchev–Trinajstić information content (AvgIpc) is 3.75. The van der Waals surface area contributed by atoms with E-state index in [9.17, 15) is 43.5 Å². The molecule has 0 aliphatic rings. The van der Waals surface area contributed by atoms with Crippen LogP contribution in [0.2, 0.25) is 0 Å². The van der Waals surface area contributed by atoms with Crippen LogP contribution in [0.3, 0.4) is 0 Å². The third kappa shape index (κ3) is 23.4. The second kappa shape index (κ2) is 33.0. The number of nitrogens with zero attached hydrogens (tertiary/aromatic N) is 2. The maximum absolute atomic E-state index is 14.2. The van der Waals surface area contributed by atoms with Crippen LogP contribution in [0.5, 0.6) is 0 Å². The highest BCUT2D eigenvalue weighted by atomic mass is 16.4. The van der Waals surface area contributed by atoms with Crippen molar-refractivity contribution in [3.8, 4) is 0 Å². The molecule has 2 rings (SSSR count). The number of H-pyrrole nitrogens is 1. The van der Waals surface area contributed by atoms with Crippen LogP contribution in [-0.4, -0.2) is 137 Å². The molecule has 2 aromatic rings. The maximum Gasteiger partial charge on any atom is 0.326 e. The number of benzene rings is 1. The number of aromatic nitrogens is 1. The predicted octanol–water partition coefficient (Wildman–Crippen LogP) is -1.09. The molecule has 25 heteroatoms. The highest BCUT2D eigenvalue weighted by Crippen LogP contribution is 2.20. The van der Waals surface area contributed by atoms with E-state index in [4.69, 9.17) is 34.4 Å². The normalized spacial score (nSPS) is 14.9. The minimum atomic E-state index is -1.34. The quantitative estimate of drug-likeness (QED) is 0.0222. The summed E-state index contributed by atoms with van der Waals surface area (Å²) in [4.78, 5) is 121. The lowest BCUT2D eigenvalue weighted by molar-refractivity contribution is -0.142. The molecule has 0 spiro atoms.